The van der Waals surface area contributed by atoms with Gasteiger partial charge in [-0.25, -0.2) is 0 Å². The predicted octanol–water partition coefficient (Wildman–Crippen LogP) is 4.10. The molecule has 2 aromatic rings. The van der Waals surface area contributed by atoms with Gasteiger partial charge in [0.05, 0.1) is 32.5 Å². The third-order valence-corrected chi connectivity index (χ3v) is 5.28. The average molecular weight is 385 g/mol. The Morgan fingerprint density at radius 1 is 1.12 bits per heavy atom. The average Bonchev–Trinajstić information content (AvgIpc) is 2.62. The van der Waals surface area contributed by atoms with E-state index in [4.69, 9.17) is 23.1 Å². The van der Waals surface area contributed by atoms with Crippen LogP contribution in [0.4, 0.5) is 5.69 Å². The molecule has 3 rings (SSSR count). The summed E-state index contributed by atoms with van der Waals surface area (Å²) in [7, 11) is 0. The zero-order valence-electron chi connectivity index (χ0n) is 13.3. The summed E-state index contributed by atoms with van der Waals surface area (Å²) in [6.07, 6.45) is 0. The second-order valence-corrected chi connectivity index (χ2v) is 7.02. The number of nitro groups is 1. The van der Waals surface area contributed by atoms with E-state index >= 15 is 0 Å². The predicted molar refractivity (Wildman–Crippen MR) is 103 cm³/mol. The molecule has 0 amide bonds. The molecule has 0 radical (unpaired) electrons. The van der Waals surface area contributed by atoms with Crippen LogP contribution in [0.1, 0.15) is 17.0 Å². The van der Waals surface area contributed by atoms with Gasteiger partial charge >= 0.3 is 0 Å². The first-order chi connectivity index (χ1) is 12.4. The molecule has 0 aliphatic carbocycles. The highest BCUT2D eigenvalue weighted by atomic mass is 35.5. The van der Waals surface area contributed by atoms with Crippen molar-refractivity contribution in [1.29, 1.82) is 5.26 Å². The molecule has 6 nitrogen and oxygen atoms in total. The molecule has 1 unspecified atom stereocenters. The van der Waals surface area contributed by atoms with Gasteiger partial charge in [0.15, 0.2) is 0 Å². The fraction of sp³-hybridized carbons (Fsp3) is 0.0556. The molecule has 0 saturated heterocycles. The number of nitrogens with zero attached hydrogens (tertiary/aromatic N) is 2. The number of nitriles is 1. The topological polar surface area (TPSA) is 119 Å². The summed E-state index contributed by atoms with van der Waals surface area (Å²) in [6.45, 7) is 0. The smallest absolute Gasteiger partial charge is 0.269 e. The Balaban J connectivity index is 2.20. The number of halogens is 1. The molecule has 0 fully saturated rings. The van der Waals surface area contributed by atoms with Crippen molar-refractivity contribution < 1.29 is 4.92 Å². The molecule has 1 heterocycles. The summed E-state index contributed by atoms with van der Waals surface area (Å²) in [6, 6.07) is 15.3. The lowest BCUT2D eigenvalue weighted by molar-refractivity contribution is -0.384. The van der Waals surface area contributed by atoms with Gasteiger partial charge in [-0.3, -0.25) is 10.1 Å². The normalized spacial score (nSPS) is 17.2. The first-order valence-electron chi connectivity index (χ1n) is 7.50. The number of non-ortho nitro benzene ring substituents is 1. The van der Waals surface area contributed by atoms with Crippen LogP contribution in [0.3, 0.4) is 0 Å². The number of rotatable bonds is 3. The summed E-state index contributed by atoms with van der Waals surface area (Å²) in [5.74, 6) is -0.545. The fourth-order valence-electron chi connectivity index (χ4n) is 2.87. The van der Waals surface area contributed by atoms with Crippen molar-refractivity contribution in [2.75, 3.05) is 0 Å². The van der Waals surface area contributed by atoms with Crippen LogP contribution in [-0.4, -0.2) is 4.92 Å². The van der Waals surface area contributed by atoms with Crippen LogP contribution in [0.15, 0.2) is 64.2 Å². The largest absolute Gasteiger partial charge is 0.393 e. The number of nitro benzene ring substituents is 1. The maximum Gasteiger partial charge on any atom is 0.269 e. The fourth-order valence-corrected chi connectivity index (χ4v) is 3.97. The van der Waals surface area contributed by atoms with Gasteiger partial charge in [0, 0.05) is 22.7 Å². The summed E-state index contributed by atoms with van der Waals surface area (Å²) in [4.78, 5) is 10.4. The van der Waals surface area contributed by atoms with Gasteiger partial charge in [-0.15, -0.1) is 0 Å². The van der Waals surface area contributed by atoms with Crippen LogP contribution in [-0.2, 0) is 0 Å². The quantitative estimate of drug-likeness (QED) is 0.607. The number of allylic oxidation sites excluding steroid dienone is 2. The van der Waals surface area contributed by atoms with Crippen LogP contribution in [0.2, 0.25) is 5.02 Å². The van der Waals surface area contributed by atoms with Crippen molar-refractivity contribution in [3.63, 3.8) is 0 Å². The van der Waals surface area contributed by atoms with Crippen LogP contribution in [0, 0.1) is 21.4 Å². The van der Waals surface area contributed by atoms with Crippen molar-refractivity contribution in [2.24, 2.45) is 11.5 Å². The summed E-state index contributed by atoms with van der Waals surface area (Å²) in [5, 5.41) is 21.8. The molecule has 26 heavy (non-hydrogen) atoms. The molecule has 2 aromatic carbocycles. The molecule has 0 bridgehead atoms. The van der Waals surface area contributed by atoms with Crippen molar-refractivity contribution in [1.82, 2.24) is 0 Å². The zero-order valence-corrected chi connectivity index (χ0v) is 14.9. The molecular formula is C18H13ClN4O2S. The summed E-state index contributed by atoms with van der Waals surface area (Å²) < 4.78 is 0. The molecule has 0 saturated carbocycles. The highest BCUT2D eigenvalue weighted by molar-refractivity contribution is 8.06. The Labute approximate surface area is 158 Å². The van der Waals surface area contributed by atoms with Crippen LogP contribution in [0.25, 0.3) is 5.57 Å². The van der Waals surface area contributed by atoms with Crippen molar-refractivity contribution >= 4 is 34.6 Å². The van der Waals surface area contributed by atoms with E-state index in [1.807, 2.05) is 12.1 Å². The van der Waals surface area contributed by atoms with Gasteiger partial charge in [-0.1, -0.05) is 41.6 Å². The molecule has 1 atom stereocenters. The van der Waals surface area contributed by atoms with Gasteiger partial charge in [0.1, 0.15) is 0 Å². The maximum atomic E-state index is 10.9. The van der Waals surface area contributed by atoms with Gasteiger partial charge in [0.25, 0.3) is 5.69 Å². The highest BCUT2D eigenvalue weighted by Crippen LogP contribution is 2.49. The minimum atomic E-state index is -0.545. The molecule has 1 aliphatic rings. The van der Waals surface area contributed by atoms with Crippen LogP contribution < -0.4 is 11.5 Å². The molecule has 8 heteroatoms. The first-order valence-corrected chi connectivity index (χ1v) is 8.70. The number of thioether (sulfide) groups is 1. The third-order valence-electron chi connectivity index (χ3n) is 4.05. The Hall–Kier alpha value is -2.95. The summed E-state index contributed by atoms with van der Waals surface area (Å²) >= 11 is 7.47. The monoisotopic (exact) mass is 384 g/mol. The lowest BCUT2D eigenvalue weighted by atomic mass is 9.82. The molecule has 130 valence electrons. The minimum Gasteiger partial charge on any atom is -0.393 e. The first kappa shape index (κ1) is 17.9. The third kappa shape index (κ3) is 3.12. The van der Waals surface area contributed by atoms with Gasteiger partial charge < -0.3 is 11.5 Å². The van der Waals surface area contributed by atoms with E-state index in [2.05, 4.69) is 6.07 Å². The van der Waals surface area contributed by atoms with E-state index in [1.54, 1.807) is 24.3 Å². The highest BCUT2D eigenvalue weighted by Gasteiger charge is 2.33. The Morgan fingerprint density at radius 3 is 2.35 bits per heavy atom. The Bertz CT molecular complexity index is 993. The molecule has 1 aliphatic heterocycles. The molecule has 0 aromatic heterocycles. The van der Waals surface area contributed by atoms with Crippen molar-refractivity contribution in [2.45, 2.75) is 5.92 Å². The molecule has 4 N–H and O–H groups in total. The lowest BCUT2D eigenvalue weighted by Gasteiger charge is -2.28. The minimum absolute atomic E-state index is 0.0266. The maximum absolute atomic E-state index is 10.9. The molecule has 0 spiro atoms. The van der Waals surface area contributed by atoms with E-state index in [-0.39, 0.29) is 5.69 Å². The second-order valence-electron chi connectivity index (χ2n) is 5.53. The Kier molecular flexibility index (Phi) is 4.89. The Morgan fingerprint density at radius 2 is 1.77 bits per heavy atom. The SMILES string of the molecule is N#CC1=C(N)SC(N)=C(c2ccc([N+](=O)[O-])cc2)C1c1ccccc1Cl. The second kappa shape index (κ2) is 7.12. The number of nitrogens with two attached hydrogens (primary N) is 2. The van der Waals surface area contributed by atoms with E-state index < -0.39 is 10.8 Å². The van der Waals surface area contributed by atoms with Gasteiger partial charge in [-0.2, -0.15) is 5.26 Å². The van der Waals surface area contributed by atoms with Crippen molar-refractivity contribution in [3.8, 4) is 6.07 Å². The van der Waals surface area contributed by atoms with Crippen molar-refractivity contribution in [3.05, 3.63) is 90.4 Å². The number of benzene rings is 2. The van der Waals surface area contributed by atoms with Crippen LogP contribution in [0.5, 0.6) is 0 Å². The number of hydrogen-bond acceptors (Lipinski definition) is 6. The van der Waals surface area contributed by atoms with E-state index in [0.717, 1.165) is 11.8 Å². The van der Waals surface area contributed by atoms with E-state index in [0.29, 0.717) is 37.4 Å². The standard InChI is InChI=1S/C18H13ClN4O2S/c19-14-4-2-1-3-12(14)16-13(9-20)17(21)26-18(22)15(16)10-5-7-11(8-6-10)23(24)25/h1-8,16H,21-22H2. The van der Waals surface area contributed by atoms with Gasteiger partial charge in [0.2, 0.25) is 0 Å². The van der Waals surface area contributed by atoms with Gasteiger partial charge in [-0.05, 0) is 29.3 Å². The van der Waals surface area contributed by atoms with E-state index in [1.165, 1.54) is 12.1 Å². The molecular weight excluding hydrogens is 372 g/mol. The van der Waals surface area contributed by atoms with Crippen LogP contribution >= 0.6 is 23.4 Å². The summed E-state index contributed by atoms with van der Waals surface area (Å²) in [5.41, 5.74) is 14.6. The zero-order chi connectivity index (χ0) is 18.8. The lowest BCUT2D eigenvalue weighted by Crippen LogP contribution is -2.18. The van der Waals surface area contributed by atoms with E-state index in [9.17, 15) is 15.4 Å². The number of hydrogen-bond donors (Lipinski definition) is 2.